The lowest BCUT2D eigenvalue weighted by molar-refractivity contribution is -0.121. The quantitative estimate of drug-likeness (QED) is 0.857. The summed E-state index contributed by atoms with van der Waals surface area (Å²) in [5.41, 5.74) is 2.97. The maximum absolute atomic E-state index is 13.1. The molecule has 2 heterocycles. The molecule has 26 heavy (non-hydrogen) atoms. The number of piperidine rings is 1. The van der Waals surface area contributed by atoms with Crippen molar-refractivity contribution >= 4 is 11.8 Å². The molecule has 3 atom stereocenters. The summed E-state index contributed by atoms with van der Waals surface area (Å²) in [7, 11) is 0. The number of fused-ring (bicyclic) bond motifs is 3. The Bertz CT molecular complexity index is 846. The Balaban J connectivity index is 1.70. The second-order valence-electron chi connectivity index (χ2n) is 6.97. The van der Waals surface area contributed by atoms with E-state index in [4.69, 9.17) is 0 Å². The van der Waals surface area contributed by atoms with Gasteiger partial charge in [-0.2, -0.15) is 0 Å². The average Bonchev–Trinajstić information content (AvgIpc) is 2.95. The van der Waals surface area contributed by atoms with Crippen molar-refractivity contribution in [3.05, 3.63) is 83.9 Å². The van der Waals surface area contributed by atoms with Crippen LogP contribution in [0, 0.1) is 0 Å². The van der Waals surface area contributed by atoms with Gasteiger partial charge < -0.3 is 10.2 Å². The Morgan fingerprint density at radius 3 is 2.54 bits per heavy atom. The zero-order valence-corrected chi connectivity index (χ0v) is 14.6. The molecular formula is C22H22N2O2. The molecule has 1 N–H and O–H groups in total. The highest BCUT2D eigenvalue weighted by atomic mass is 16.2. The van der Waals surface area contributed by atoms with Crippen molar-refractivity contribution in [1.29, 1.82) is 0 Å². The van der Waals surface area contributed by atoms with Gasteiger partial charge in [0.2, 0.25) is 5.91 Å². The third-order valence-corrected chi connectivity index (χ3v) is 5.35. The molecule has 4 nitrogen and oxygen atoms in total. The second kappa shape index (κ2) is 6.79. The first-order valence-electron chi connectivity index (χ1n) is 9.06. The van der Waals surface area contributed by atoms with Crippen LogP contribution in [0.25, 0.3) is 0 Å². The molecule has 1 saturated heterocycles. The van der Waals surface area contributed by atoms with E-state index < -0.39 is 0 Å². The van der Waals surface area contributed by atoms with Crippen molar-refractivity contribution < 1.29 is 9.59 Å². The highest BCUT2D eigenvalue weighted by molar-refractivity contribution is 5.99. The lowest BCUT2D eigenvalue weighted by Crippen LogP contribution is -2.47. The van der Waals surface area contributed by atoms with Crippen LogP contribution in [0.1, 0.15) is 52.8 Å². The standard InChI is InChI=1S/C22H22N2O2/c1-2-8-21(25)23-16-13-19(15-9-4-3-5-10-15)24-20(14-16)17-11-6-7-12-18(17)22(24)26/h2-7,9-12,16,19-20H,1,8,13-14H2,(H,23,25)/t16-,19+,20+/m1/s1. The minimum Gasteiger partial charge on any atom is -0.353 e. The molecular weight excluding hydrogens is 324 g/mol. The topological polar surface area (TPSA) is 49.4 Å². The van der Waals surface area contributed by atoms with Gasteiger partial charge in [-0.1, -0.05) is 54.6 Å². The van der Waals surface area contributed by atoms with Crippen molar-refractivity contribution in [2.75, 3.05) is 0 Å². The van der Waals surface area contributed by atoms with E-state index in [1.807, 2.05) is 47.4 Å². The highest BCUT2D eigenvalue weighted by Crippen LogP contribution is 2.47. The molecule has 2 aliphatic heterocycles. The van der Waals surface area contributed by atoms with Crippen molar-refractivity contribution in [3.63, 3.8) is 0 Å². The summed E-state index contributed by atoms with van der Waals surface area (Å²) >= 11 is 0. The predicted octanol–water partition coefficient (Wildman–Crippen LogP) is 3.78. The van der Waals surface area contributed by atoms with Gasteiger partial charge in [-0.25, -0.2) is 0 Å². The molecule has 1 fully saturated rings. The number of rotatable bonds is 4. The van der Waals surface area contributed by atoms with Crippen LogP contribution >= 0.6 is 0 Å². The Morgan fingerprint density at radius 2 is 1.77 bits per heavy atom. The summed E-state index contributed by atoms with van der Waals surface area (Å²) < 4.78 is 0. The number of amides is 2. The van der Waals surface area contributed by atoms with Gasteiger partial charge in [-0.3, -0.25) is 9.59 Å². The fourth-order valence-corrected chi connectivity index (χ4v) is 4.27. The largest absolute Gasteiger partial charge is 0.353 e. The molecule has 132 valence electrons. The maximum Gasteiger partial charge on any atom is 0.255 e. The molecule has 0 unspecified atom stereocenters. The van der Waals surface area contributed by atoms with Crippen molar-refractivity contribution in [1.82, 2.24) is 10.2 Å². The van der Waals surface area contributed by atoms with Crippen LogP contribution in [-0.4, -0.2) is 22.8 Å². The molecule has 2 aromatic rings. The number of hydrogen-bond donors (Lipinski definition) is 1. The van der Waals surface area contributed by atoms with E-state index in [-0.39, 0.29) is 29.9 Å². The number of carbonyl (C=O) groups is 2. The van der Waals surface area contributed by atoms with Gasteiger partial charge in [-0.15, -0.1) is 6.58 Å². The SMILES string of the molecule is C=CCC(=O)N[C@@H]1C[C@@H](c2ccccc2)N2C(=O)c3ccccc3[C@@H]2C1. The first kappa shape index (κ1) is 16.6. The molecule has 0 aliphatic carbocycles. The number of hydrogen-bond acceptors (Lipinski definition) is 2. The third-order valence-electron chi connectivity index (χ3n) is 5.35. The van der Waals surface area contributed by atoms with Crippen LogP contribution in [0.3, 0.4) is 0 Å². The number of nitrogens with zero attached hydrogens (tertiary/aromatic N) is 1. The van der Waals surface area contributed by atoms with E-state index in [9.17, 15) is 9.59 Å². The van der Waals surface area contributed by atoms with E-state index in [1.54, 1.807) is 6.08 Å². The van der Waals surface area contributed by atoms with Crippen LogP contribution in [0.5, 0.6) is 0 Å². The molecule has 0 saturated carbocycles. The normalized spacial score (nSPS) is 23.9. The van der Waals surface area contributed by atoms with Crippen molar-refractivity contribution in [3.8, 4) is 0 Å². The van der Waals surface area contributed by atoms with Gasteiger partial charge in [0.15, 0.2) is 0 Å². The minimum absolute atomic E-state index is 0.00619. The molecule has 0 bridgehead atoms. The number of carbonyl (C=O) groups excluding carboxylic acids is 2. The van der Waals surface area contributed by atoms with E-state index in [1.165, 1.54) is 0 Å². The molecule has 2 amide bonds. The van der Waals surface area contributed by atoms with Crippen LogP contribution in [0.2, 0.25) is 0 Å². The summed E-state index contributed by atoms with van der Waals surface area (Å²) in [5.74, 6) is 0.0817. The number of benzene rings is 2. The van der Waals surface area contributed by atoms with Crippen LogP contribution in [0.4, 0.5) is 0 Å². The van der Waals surface area contributed by atoms with E-state index in [0.717, 1.165) is 29.5 Å². The van der Waals surface area contributed by atoms with Crippen LogP contribution in [-0.2, 0) is 4.79 Å². The Labute approximate surface area is 153 Å². The molecule has 0 aromatic heterocycles. The minimum atomic E-state index is -0.0381. The van der Waals surface area contributed by atoms with E-state index in [2.05, 4.69) is 24.0 Å². The summed E-state index contributed by atoms with van der Waals surface area (Å²) in [6.07, 6.45) is 3.40. The zero-order chi connectivity index (χ0) is 18.1. The smallest absolute Gasteiger partial charge is 0.255 e. The zero-order valence-electron chi connectivity index (χ0n) is 14.6. The Morgan fingerprint density at radius 1 is 1.08 bits per heavy atom. The van der Waals surface area contributed by atoms with Gasteiger partial charge in [-0.05, 0) is 30.0 Å². The van der Waals surface area contributed by atoms with Gasteiger partial charge in [0.05, 0.1) is 12.1 Å². The van der Waals surface area contributed by atoms with Gasteiger partial charge in [0.1, 0.15) is 0 Å². The molecule has 4 heteroatoms. The van der Waals surface area contributed by atoms with Crippen LogP contribution in [0.15, 0.2) is 67.3 Å². The Kier molecular flexibility index (Phi) is 4.33. The van der Waals surface area contributed by atoms with Crippen molar-refractivity contribution in [2.24, 2.45) is 0 Å². The van der Waals surface area contributed by atoms with E-state index >= 15 is 0 Å². The molecule has 0 spiro atoms. The molecule has 2 aliphatic rings. The predicted molar refractivity (Wildman–Crippen MR) is 101 cm³/mol. The van der Waals surface area contributed by atoms with Gasteiger partial charge >= 0.3 is 0 Å². The fraction of sp³-hybridized carbons (Fsp3) is 0.273. The highest BCUT2D eigenvalue weighted by Gasteiger charge is 2.46. The summed E-state index contributed by atoms with van der Waals surface area (Å²) in [4.78, 5) is 27.2. The fourth-order valence-electron chi connectivity index (χ4n) is 4.27. The van der Waals surface area contributed by atoms with E-state index in [0.29, 0.717) is 6.42 Å². The van der Waals surface area contributed by atoms with Crippen LogP contribution < -0.4 is 5.32 Å². The summed E-state index contributed by atoms with van der Waals surface area (Å²) in [6.45, 7) is 3.64. The maximum atomic E-state index is 13.1. The first-order chi connectivity index (χ1) is 12.7. The summed E-state index contributed by atoms with van der Waals surface area (Å²) in [5, 5.41) is 3.13. The second-order valence-corrected chi connectivity index (χ2v) is 6.97. The lowest BCUT2D eigenvalue weighted by Gasteiger charge is -2.42. The Hall–Kier alpha value is -2.88. The molecule has 0 radical (unpaired) electrons. The first-order valence-corrected chi connectivity index (χ1v) is 9.06. The monoisotopic (exact) mass is 346 g/mol. The molecule has 4 rings (SSSR count). The molecule has 2 aromatic carbocycles. The summed E-state index contributed by atoms with van der Waals surface area (Å²) in [6, 6.07) is 17.9. The van der Waals surface area contributed by atoms with Gasteiger partial charge in [0.25, 0.3) is 5.91 Å². The average molecular weight is 346 g/mol. The van der Waals surface area contributed by atoms with Crippen molar-refractivity contribution in [2.45, 2.75) is 37.4 Å². The lowest BCUT2D eigenvalue weighted by atomic mass is 9.86. The third kappa shape index (κ3) is 2.81. The van der Waals surface area contributed by atoms with Gasteiger partial charge in [0, 0.05) is 18.0 Å². The number of nitrogens with one attached hydrogen (secondary N) is 1.